The third kappa shape index (κ3) is 5.68. The minimum Gasteiger partial charge on any atom is -0.465 e. The number of nitrogens with one attached hydrogen (secondary N) is 2. The number of piperidine rings is 1. The second-order valence-corrected chi connectivity index (χ2v) is 10.8. The van der Waals surface area contributed by atoms with Gasteiger partial charge >= 0.3 is 6.09 Å². The van der Waals surface area contributed by atoms with E-state index in [1.54, 1.807) is 13.0 Å². The van der Waals surface area contributed by atoms with Crippen LogP contribution in [0.3, 0.4) is 0 Å². The molecule has 0 radical (unpaired) electrons. The molecule has 1 unspecified atom stereocenters. The summed E-state index contributed by atoms with van der Waals surface area (Å²) in [6.07, 6.45) is 10.1. The number of carbonyl (C=O) groups is 2. The average molecular weight is 526 g/mol. The number of carbonyl (C=O) groups excluding carboxylic acids is 1. The Labute approximate surface area is 221 Å². The molecule has 2 amide bonds. The van der Waals surface area contributed by atoms with E-state index in [1.807, 2.05) is 6.07 Å². The van der Waals surface area contributed by atoms with Gasteiger partial charge in [0, 0.05) is 13.1 Å². The van der Waals surface area contributed by atoms with Crippen LogP contribution in [-0.2, 0) is 6.42 Å². The van der Waals surface area contributed by atoms with Crippen LogP contribution in [0.1, 0.15) is 91.3 Å². The Hall–Kier alpha value is -3.43. The highest BCUT2D eigenvalue weighted by atomic mass is 19.1. The Morgan fingerprint density at radius 2 is 1.87 bits per heavy atom. The molecular formula is C28H36FN5O4. The molecule has 1 saturated heterocycles. The summed E-state index contributed by atoms with van der Waals surface area (Å²) in [5.74, 6) is 0.360. The van der Waals surface area contributed by atoms with Gasteiger partial charge in [-0.25, -0.2) is 14.2 Å². The van der Waals surface area contributed by atoms with E-state index in [0.29, 0.717) is 60.5 Å². The van der Waals surface area contributed by atoms with Gasteiger partial charge in [0.05, 0.1) is 17.3 Å². The van der Waals surface area contributed by atoms with Crippen LogP contribution < -0.4 is 5.32 Å². The van der Waals surface area contributed by atoms with Gasteiger partial charge in [-0.1, -0.05) is 43.3 Å². The van der Waals surface area contributed by atoms with Gasteiger partial charge in [-0.15, -0.1) is 0 Å². The molecule has 1 saturated carbocycles. The van der Waals surface area contributed by atoms with Crippen molar-refractivity contribution in [3.63, 3.8) is 0 Å². The van der Waals surface area contributed by atoms with E-state index >= 15 is 4.39 Å². The Bertz CT molecular complexity index is 1270. The van der Waals surface area contributed by atoms with Crippen molar-refractivity contribution in [2.75, 3.05) is 13.1 Å². The number of amides is 2. The molecule has 9 nitrogen and oxygen atoms in total. The van der Waals surface area contributed by atoms with Crippen LogP contribution in [0.2, 0.25) is 0 Å². The molecule has 5 rings (SSSR count). The van der Waals surface area contributed by atoms with E-state index in [-0.39, 0.29) is 35.1 Å². The number of nitrogens with zero attached hydrogens (tertiary/aromatic N) is 3. The number of hydrogen-bond acceptors (Lipinski definition) is 5. The molecule has 204 valence electrons. The Morgan fingerprint density at radius 1 is 1.16 bits per heavy atom. The minimum atomic E-state index is -0.898. The maximum absolute atomic E-state index is 15.7. The fourth-order valence-electron chi connectivity index (χ4n) is 6.01. The third-order valence-electron chi connectivity index (χ3n) is 8.28. The minimum absolute atomic E-state index is 0.182. The van der Waals surface area contributed by atoms with Crippen molar-refractivity contribution in [3.8, 4) is 0 Å². The van der Waals surface area contributed by atoms with Crippen LogP contribution >= 0.6 is 0 Å². The summed E-state index contributed by atoms with van der Waals surface area (Å²) in [6.45, 7) is 2.68. The fraction of sp³-hybridized carbons (Fsp3) is 0.571. The zero-order valence-electron chi connectivity index (χ0n) is 21.8. The smallest absolute Gasteiger partial charge is 0.407 e. The number of aromatic nitrogens is 3. The zero-order valence-corrected chi connectivity index (χ0v) is 21.8. The van der Waals surface area contributed by atoms with E-state index in [9.17, 15) is 14.7 Å². The summed E-state index contributed by atoms with van der Waals surface area (Å²) in [4.78, 5) is 33.8. The van der Waals surface area contributed by atoms with Crippen LogP contribution in [0.15, 0.2) is 22.9 Å². The van der Waals surface area contributed by atoms with E-state index in [0.717, 1.165) is 25.7 Å². The highest BCUT2D eigenvalue weighted by Crippen LogP contribution is 2.34. The van der Waals surface area contributed by atoms with Crippen LogP contribution in [-0.4, -0.2) is 50.2 Å². The Balaban J connectivity index is 1.40. The standard InChI is InChI=1S/C28H36FN5O4/c1-17-21(16-38-33-17)27(35)32-24(19-7-5-3-2-4-6-8-19)26-30-22-10-9-20(23(29)25(22)31-26)15-18-11-13-34(14-12-18)28(36)37/h9-10,16,18-19,24H,2-8,11-15H2,1H3,(H,30,31)(H,32,35)(H,36,37). The maximum Gasteiger partial charge on any atom is 0.407 e. The van der Waals surface area contributed by atoms with Crippen molar-refractivity contribution in [1.82, 2.24) is 25.3 Å². The van der Waals surface area contributed by atoms with Gasteiger partial charge in [0.15, 0.2) is 5.82 Å². The SMILES string of the molecule is Cc1nocc1C(=O)NC(c1nc2c(F)c(CC3CCN(C(=O)O)CC3)ccc2[nH]1)C1CCCCCCC1. The van der Waals surface area contributed by atoms with Crippen LogP contribution in [0.5, 0.6) is 0 Å². The van der Waals surface area contributed by atoms with Crippen LogP contribution in [0.4, 0.5) is 9.18 Å². The summed E-state index contributed by atoms with van der Waals surface area (Å²) in [6, 6.07) is 3.27. The summed E-state index contributed by atoms with van der Waals surface area (Å²) in [7, 11) is 0. The molecule has 1 aliphatic carbocycles. The quantitative estimate of drug-likeness (QED) is 0.376. The van der Waals surface area contributed by atoms with Gasteiger partial charge in [0.1, 0.15) is 23.2 Å². The lowest BCUT2D eigenvalue weighted by atomic mass is 9.85. The molecule has 10 heteroatoms. The molecule has 2 aromatic heterocycles. The summed E-state index contributed by atoms with van der Waals surface area (Å²) in [5.41, 5.74) is 2.39. The molecular weight excluding hydrogens is 489 g/mol. The average Bonchev–Trinajstić information content (AvgIpc) is 3.51. The number of benzene rings is 1. The highest BCUT2D eigenvalue weighted by molar-refractivity contribution is 5.95. The first-order valence-electron chi connectivity index (χ1n) is 13.8. The predicted octanol–water partition coefficient (Wildman–Crippen LogP) is 5.76. The molecule has 2 fully saturated rings. The van der Waals surface area contributed by atoms with Crippen molar-refractivity contribution in [2.45, 2.75) is 77.2 Å². The topological polar surface area (TPSA) is 124 Å². The van der Waals surface area contributed by atoms with Gasteiger partial charge < -0.3 is 24.8 Å². The number of carboxylic acid groups (broad SMARTS) is 1. The van der Waals surface area contributed by atoms with Gasteiger partial charge in [0.2, 0.25) is 0 Å². The number of likely N-dealkylation sites (tertiary alicyclic amines) is 1. The largest absolute Gasteiger partial charge is 0.465 e. The van der Waals surface area contributed by atoms with Crippen molar-refractivity contribution < 1.29 is 23.6 Å². The molecule has 2 aliphatic rings. The van der Waals surface area contributed by atoms with E-state index < -0.39 is 6.09 Å². The lowest BCUT2D eigenvalue weighted by Crippen LogP contribution is -2.37. The first-order valence-corrected chi connectivity index (χ1v) is 13.8. The highest BCUT2D eigenvalue weighted by Gasteiger charge is 2.30. The van der Waals surface area contributed by atoms with E-state index in [4.69, 9.17) is 9.51 Å². The lowest BCUT2D eigenvalue weighted by Gasteiger charge is -2.30. The maximum atomic E-state index is 15.7. The van der Waals surface area contributed by atoms with E-state index in [2.05, 4.69) is 15.5 Å². The third-order valence-corrected chi connectivity index (χ3v) is 8.28. The molecule has 38 heavy (non-hydrogen) atoms. The number of H-pyrrole nitrogens is 1. The van der Waals surface area contributed by atoms with Gasteiger partial charge in [0.25, 0.3) is 5.91 Å². The number of aryl methyl sites for hydroxylation is 1. The second-order valence-electron chi connectivity index (χ2n) is 10.8. The van der Waals surface area contributed by atoms with Crippen LogP contribution in [0.25, 0.3) is 11.0 Å². The molecule has 3 heterocycles. The van der Waals surface area contributed by atoms with Crippen molar-refractivity contribution >= 4 is 23.0 Å². The molecule has 3 aromatic rings. The molecule has 3 N–H and O–H groups in total. The normalized spacial score (nSPS) is 18.7. The number of halogens is 1. The monoisotopic (exact) mass is 525 g/mol. The van der Waals surface area contributed by atoms with E-state index in [1.165, 1.54) is 30.4 Å². The van der Waals surface area contributed by atoms with Gasteiger partial charge in [-0.05, 0) is 62.5 Å². The van der Waals surface area contributed by atoms with Crippen molar-refractivity contribution in [1.29, 1.82) is 0 Å². The molecule has 0 bridgehead atoms. The second kappa shape index (κ2) is 11.5. The molecule has 0 spiro atoms. The number of imidazole rings is 1. The fourth-order valence-corrected chi connectivity index (χ4v) is 6.01. The Kier molecular flexibility index (Phi) is 7.95. The predicted molar refractivity (Wildman–Crippen MR) is 139 cm³/mol. The lowest BCUT2D eigenvalue weighted by molar-refractivity contribution is 0.0911. The zero-order chi connectivity index (χ0) is 26.6. The number of rotatable bonds is 6. The van der Waals surface area contributed by atoms with Gasteiger partial charge in [-0.3, -0.25) is 4.79 Å². The molecule has 1 aliphatic heterocycles. The molecule has 1 atom stereocenters. The summed E-state index contributed by atoms with van der Waals surface area (Å²) in [5, 5.41) is 16.2. The molecule has 1 aromatic carbocycles. The number of hydrogen-bond donors (Lipinski definition) is 3. The summed E-state index contributed by atoms with van der Waals surface area (Å²) >= 11 is 0. The number of fused-ring (bicyclic) bond motifs is 1. The number of aromatic amines is 1. The van der Waals surface area contributed by atoms with Crippen LogP contribution in [0, 0.1) is 24.6 Å². The Morgan fingerprint density at radius 3 is 2.53 bits per heavy atom. The first-order chi connectivity index (χ1) is 18.4. The van der Waals surface area contributed by atoms with Crippen molar-refractivity contribution in [2.24, 2.45) is 11.8 Å². The first kappa shape index (κ1) is 26.2. The van der Waals surface area contributed by atoms with Crippen molar-refractivity contribution in [3.05, 3.63) is 46.9 Å². The summed E-state index contributed by atoms with van der Waals surface area (Å²) < 4.78 is 20.7. The van der Waals surface area contributed by atoms with Gasteiger partial charge in [-0.2, -0.15) is 0 Å².